The average molecular weight is 1320 g/mol. The highest BCUT2D eigenvalue weighted by atomic mass is 19.4. The molecule has 0 saturated carbocycles. The molecule has 0 saturated heterocycles. The third-order valence-electron chi connectivity index (χ3n) is 14.5. The van der Waals surface area contributed by atoms with Gasteiger partial charge in [-0.05, 0) is 202 Å². The van der Waals surface area contributed by atoms with Crippen LogP contribution in [0.25, 0.3) is 0 Å². The van der Waals surface area contributed by atoms with Crippen molar-refractivity contribution in [1.29, 1.82) is 0 Å². The number of aryl methyl sites for hydroxylation is 3. The van der Waals surface area contributed by atoms with Gasteiger partial charge in [0, 0.05) is 0 Å². The van der Waals surface area contributed by atoms with Crippen LogP contribution in [-0.4, -0.2) is 16.8 Å². The second kappa shape index (κ2) is 40.3. The van der Waals surface area contributed by atoms with E-state index in [1.807, 2.05) is 39.0 Å². The zero-order valence-electron chi connectivity index (χ0n) is 66.9. The van der Waals surface area contributed by atoms with Crippen LogP contribution in [-0.2, 0) is 63.2 Å². The number of benzene rings is 7. The standard InChI is InChI=1S/C14H22.C13H20.C12H15F3.C12H18.C11H16O.C11H16.C10H14.C8H18O/c1-13(2,3)11-7-9-12(10-8-11)14(4,5)6;1-13(2,3)11-7-10-12-8-5-4-6-9-12;1-8-5-9(11(2,3)4)7-10(6-8)12(13,14)15;1-12(2,3)10-9-11-7-5-4-6-8-11;1-11(2,3)12-9-10-7-5-4-6-8-10;1-11(2,3)9-10-7-5-4-6-8-10;1-10(2,3)9-7-5-4-6-8-9;1-7(2,3)9-8(4,5)6/h7-10H,1-6H3;4-6,8-9H,7,10-11H2,1-3H3;5-7H,1-4H3;4-8H,9-10H2,1-3H3;4-8H,9H2,1-3H3;4-8H,9H2,1-3H3;4-8H,1-3H3;1-6H3. The van der Waals surface area contributed by atoms with Crippen LogP contribution < -0.4 is 0 Å². The van der Waals surface area contributed by atoms with E-state index in [9.17, 15) is 13.2 Å². The topological polar surface area (TPSA) is 18.5 Å². The van der Waals surface area contributed by atoms with Crippen molar-refractivity contribution >= 4 is 0 Å². The van der Waals surface area contributed by atoms with Crippen LogP contribution in [0.4, 0.5) is 13.2 Å². The van der Waals surface area contributed by atoms with E-state index >= 15 is 0 Å². The Morgan fingerprint density at radius 2 is 0.583 bits per heavy atom. The summed E-state index contributed by atoms with van der Waals surface area (Å²) < 4.78 is 48.8. The molecule has 0 unspecified atom stereocenters. The molecule has 0 bridgehead atoms. The van der Waals surface area contributed by atoms with E-state index in [2.05, 4.69) is 345 Å². The first-order valence-electron chi connectivity index (χ1n) is 35.3. The summed E-state index contributed by atoms with van der Waals surface area (Å²) in [6.45, 7) is 67.4. The summed E-state index contributed by atoms with van der Waals surface area (Å²) in [4.78, 5) is 0. The minimum Gasteiger partial charge on any atom is -0.371 e. The fraction of sp³-hybridized carbons (Fsp3) is 0.538. The van der Waals surface area contributed by atoms with Gasteiger partial charge in [-0.2, -0.15) is 13.2 Å². The SMILES string of the molecule is CC(C)(C)CCCc1ccccc1.CC(C)(C)CCc1ccccc1.CC(C)(C)Cc1ccccc1.CC(C)(C)OC(C)(C)C.CC(C)(C)OCc1ccccc1.CC(C)(C)c1ccc(C(C)(C)C)cc1.CC(C)(C)c1ccccc1.Cc1cc(C(C)(C)C)cc(C(F)(F)F)c1. The van der Waals surface area contributed by atoms with Gasteiger partial charge in [0.2, 0.25) is 0 Å². The number of rotatable bonds is 8. The molecule has 0 heterocycles. The van der Waals surface area contributed by atoms with E-state index in [1.54, 1.807) is 13.0 Å². The zero-order chi connectivity index (χ0) is 74.3. The highest BCUT2D eigenvalue weighted by Crippen LogP contribution is 2.34. The van der Waals surface area contributed by atoms with Crippen molar-refractivity contribution in [2.45, 2.75) is 304 Å². The smallest absolute Gasteiger partial charge is 0.371 e. The van der Waals surface area contributed by atoms with Crippen molar-refractivity contribution in [1.82, 2.24) is 0 Å². The number of hydrogen-bond donors (Lipinski definition) is 0. The van der Waals surface area contributed by atoms with Gasteiger partial charge in [-0.25, -0.2) is 0 Å². The first-order chi connectivity index (χ1) is 43.4. The Balaban J connectivity index is 0.00000108. The predicted octanol–water partition coefficient (Wildman–Crippen LogP) is 28.2. The summed E-state index contributed by atoms with van der Waals surface area (Å²) in [7, 11) is 0. The molecule has 5 heteroatoms. The summed E-state index contributed by atoms with van der Waals surface area (Å²) in [6.07, 6.45) is 3.19. The Kier molecular flexibility index (Phi) is 37.9. The molecule has 0 aromatic heterocycles. The molecule has 0 atom stereocenters. The lowest BCUT2D eigenvalue weighted by atomic mass is 9.82. The Hall–Kier alpha value is -5.75. The molecule has 0 N–H and O–H groups in total. The van der Waals surface area contributed by atoms with E-state index < -0.39 is 11.7 Å². The molecule has 0 amide bonds. The van der Waals surface area contributed by atoms with Crippen LogP contribution in [0, 0.1) is 23.2 Å². The summed E-state index contributed by atoms with van der Waals surface area (Å²) in [6, 6.07) is 66.0. The van der Waals surface area contributed by atoms with E-state index in [4.69, 9.17) is 9.47 Å². The molecule has 96 heavy (non-hydrogen) atoms. The first kappa shape index (κ1) is 90.2. The van der Waals surface area contributed by atoms with Crippen molar-refractivity contribution in [3.8, 4) is 0 Å². The molecular formula is C91H139F3O2. The van der Waals surface area contributed by atoms with Gasteiger partial charge in [0.1, 0.15) is 0 Å². The molecule has 0 aliphatic carbocycles. The van der Waals surface area contributed by atoms with Crippen LogP contribution in [0.5, 0.6) is 0 Å². The maximum atomic E-state index is 12.5. The maximum Gasteiger partial charge on any atom is 0.416 e. The van der Waals surface area contributed by atoms with E-state index in [0.29, 0.717) is 33.8 Å². The number of halogens is 3. The number of hydrogen-bond acceptors (Lipinski definition) is 2. The van der Waals surface area contributed by atoms with Gasteiger partial charge in [-0.3, -0.25) is 0 Å². The quantitative estimate of drug-likeness (QED) is 0.151. The third-order valence-corrected chi connectivity index (χ3v) is 14.5. The number of ether oxygens (including phenoxy) is 2. The molecular weight excluding hydrogens is 1180 g/mol. The molecule has 0 aliphatic rings. The lowest BCUT2D eigenvalue weighted by Crippen LogP contribution is -2.31. The molecule has 0 radical (unpaired) electrons. The van der Waals surface area contributed by atoms with Gasteiger partial charge < -0.3 is 9.47 Å². The lowest BCUT2D eigenvalue weighted by Gasteiger charge is -2.30. The highest BCUT2D eigenvalue weighted by molar-refractivity contribution is 5.35. The Bertz CT molecular complexity index is 2940. The zero-order valence-corrected chi connectivity index (χ0v) is 66.9. The van der Waals surface area contributed by atoms with Gasteiger partial charge in [0.05, 0.1) is 29.0 Å². The first-order valence-corrected chi connectivity index (χ1v) is 35.3. The second-order valence-electron chi connectivity index (χ2n) is 36.4. The normalized spacial score (nSPS) is 12.2. The fourth-order valence-electron chi connectivity index (χ4n) is 9.42. The van der Waals surface area contributed by atoms with Gasteiger partial charge >= 0.3 is 6.18 Å². The minimum atomic E-state index is -4.26. The molecule has 7 aromatic carbocycles. The molecule has 7 rings (SSSR count). The molecule has 0 spiro atoms. The monoisotopic (exact) mass is 1320 g/mol. The number of alkyl halides is 3. The van der Waals surface area contributed by atoms with Crippen LogP contribution in [0.3, 0.4) is 0 Å². The van der Waals surface area contributed by atoms with Crippen LogP contribution in [0.2, 0.25) is 0 Å². The Morgan fingerprint density at radius 1 is 0.281 bits per heavy atom. The van der Waals surface area contributed by atoms with Gasteiger partial charge in [-0.1, -0.05) is 333 Å². The minimum absolute atomic E-state index is 0.0156. The lowest BCUT2D eigenvalue weighted by molar-refractivity contribution is -0.137. The van der Waals surface area contributed by atoms with Crippen molar-refractivity contribution in [2.75, 3.05) is 0 Å². The predicted molar refractivity (Wildman–Crippen MR) is 418 cm³/mol. The highest BCUT2D eigenvalue weighted by Gasteiger charge is 2.32. The maximum absolute atomic E-state index is 12.5. The van der Waals surface area contributed by atoms with Crippen LogP contribution in [0.15, 0.2) is 194 Å². The molecule has 0 fully saturated rings. The Labute approximate surface area is 589 Å². The average Bonchev–Trinajstić information content (AvgIpc) is 0.853. The van der Waals surface area contributed by atoms with Gasteiger partial charge in [0.15, 0.2) is 0 Å². The van der Waals surface area contributed by atoms with Crippen LogP contribution >= 0.6 is 0 Å². The van der Waals surface area contributed by atoms with E-state index in [1.165, 1.54) is 83.2 Å². The summed E-state index contributed by atoms with van der Waals surface area (Å²) in [5.74, 6) is 0. The second-order valence-corrected chi connectivity index (χ2v) is 36.4. The Morgan fingerprint density at radius 3 is 0.865 bits per heavy atom. The summed E-state index contributed by atoms with van der Waals surface area (Å²) in [5.41, 5.74) is 12.4. The van der Waals surface area contributed by atoms with Crippen molar-refractivity contribution in [3.05, 3.63) is 250 Å². The third kappa shape index (κ3) is 49.7. The molecule has 0 aliphatic heterocycles. The van der Waals surface area contributed by atoms with Crippen molar-refractivity contribution in [3.63, 3.8) is 0 Å². The van der Waals surface area contributed by atoms with Crippen molar-refractivity contribution in [2.24, 2.45) is 16.2 Å². The van der Waals surface area contributed by atoms with Gasteiger partial charge in [-0.15, -0.1) is 0 Å². The van der Waals surface area contributed by atoms with E-state index in [-0.39, 0.29) is 33.0 Å². The van der Waals surface area contributed by atoms with Crippen LogP contribution in [0.1, 0.15) is 283 Å². The summed E-state index contributed by atoms with van der Waals surface area (Å²) in [5, 5.41) is 0. The molecule has 2 nitrogen and oxygen atoms in total. The fourth-order valence-corrected chi connectivity index (χ4v) is 9.42. The molecule has 7 aromatic rings. The van der Waals surface area contributed by atoms with Crippen molar-refractivity contribution < 1.29 is 22.6 Å². The van der Waals surface area contributed by atoms with E-state index in [0.717, 1.165) is 12.0 Å². The largest absolute Gasteiger partial charge is 0.416 e. The summed E-state index contributed by atoms with van der Waals surface area (Å²) >= 11 is 0. The molecule has 536 valence electrons. The van der Waals surface area contributed by atoms with Gasteiger partial charge in [0.25, 0.3) is 0 Å².